The van der Waals surface area contributed by atoms with E-state index in [1.165, 1.54) is 5.69 Å². The van der Waals surface area contributed by atoms with Gasteiger partial charge in [-0.3, -0.25) is 4.68 Å². The lowest BCUT2D eigenvalue weighted by atomic mass is 9.93. The van der Waals surface area contributed by atoms with Crippen LogP contribution in [0.15, 0.2) is 28.9 Å². The summed E-state index contributed by atoms with van der Waals surface area (Å²) >= 11 is 0. The number of carbonyl (C=O) groups excluding carboxylic acids is 1. The highest BCUT2D eigenvalue weighted by atomic mass is 16.6. The molecule has 1 aliphatic heterocycles. The zero-order valence-corrected chi connectivity index (χ0v) is 16.8. The molecule has 3 rings (SSSR count). The fourth-order valence-corrected chi connectivity index (χ4v) is 3.09. The van der Waals surface area contributed by atoms with Gasteiger partial charge in [-0.15, -0.1) is 0 Å². The molecule has 144 valence electrons. The van der Waals surface area contributed by atoms with Gasteiger partial charge in [-0.1, -0.05) is 13.8 Å². The molecule has 1 saturated heterocycles. The van der Waals surface area contributed by atoms with E-state index in [1.54, 1.807) is 11.2 Å². The molecule has 0 bridgehead atoms. The molecule has 0 saturated carbocycles. The van der Waals surface area contributed by atoms with E-state index in [0.29, 0.717) is 19.0 Å². The Morgan fingerprint density at radius 3 is 2.46 bits per heavy atom. The van der Waals surface area contributed by atoms with Crippen LogP contribution in [-0.4, -0.2) is 39.5 Å². The van der Waals surface area contributed by atoms with Crippen molar-refractivity contribution in [1.29, 1.82) is 0 Å². The van der Waals surface area contributed by atoms with Gasteiger partial charge in [-0.25, -0.2) is 4.79 Å². The van der Waals surface area contributed by atoms with E-state index in [1.807, 2.05) is 58.5 Å². The van der Waals surface area contributed by atoms with Gasteiger partial charge >= 0.3 is 6.09 Å². The smallest absolute Gasteiger partial charge is 0.410 e. The molecule has 3 heterocycles. The number of aryl methyl sites for hydroxylation is 1. The van der Waals surface area contributed by atoms with E-state index >= 15 is 0 Å². The minimum Gasteiger partial charge on any atom is -0.463 e. The molecule has 6 nitrogen and oxygen atoms in total. The summed E-state index contributed by atoms with van der Waals surface area (Å²) in [7, 11) is 1.96. The number of likely N-dealkylation sites (tertiary alicyclic amines) is 1. The zero-order chi connectivity index (χ0) is 19.3. The maximum absolute atomic E-state index is 12.2. The first-order chi connectivity index (χ1) is 12.3. The first-order valence-electron chi connectivity index (χ1n) is 9.39. The van der Waals surface area contributed by atoms with Crippen LogP contribution in [-0.2, 0) is 11.8 Å². The summed E-state index contributed by atoms with van der Waals surface area (Å²) in [6.45, 7) is 11.1. The number of carbonyl (C=O) groups is 1. The summed E-state index contributed by atoms with van der Waals surface area (Å²) in [5.41, 5.74) is 1.59. The summed E-state index contributed by atoms with van der Waals surface area (Å²) in [5.74, 6) is 1.17. The Kier molecular flexibility index (Phi) is 6.51. The van der Waals surface area contributed by atoms with Crippen LogP contribution < -0.4 is 0 Å². The molecule has 1 aliphatic rings. The van der Waals surface area contributed by atoms with Gasteiger partial charge in [-0.2, -0.15) is 5.10 Å². The molecule has 0 radical (unpaired) electrons. The van der Waals surface area contributed by atoms with Gasteiger partial charge in [0, 0.05) is 31.7 Å². The van der Waals surface area contributed by atoms with Crippen LogP contribution in [0.25, 0.3) is 11.5 Å². The van der Waals surface area contributed by atoms with E-state index in [4.69, 9.17) is 9.15 Å². The highest BCUT2D eigenvalue weighted by molar-refractivity contribution is 5.68. The van der Waals surface area contributed by atoms with Gasteiger partial charge in [0.1, 0.15) is 11.3 Å². The SMILES string of the molecule is CC.Cn1nc(-c2ccco2)cc1C1CCN(C(=O)OC(C)(C)C)CC1. The Morgan fingerprint density at radius 1 is 1.27 bits per heavy atom. The second kappa shape index (κ2) is 8.43. The number of piperidine rings is 1. The lowest BCUT2D eigenvalue weighted by Gasteiger charge is -2.33. The maximum atomic E-state index is 12.2. The van der Waals surface area contributed by atoms with Gasteiger partial charge in [0.25, 0.3) is 0 Å². The first kappa shape index (κ1) is 20.1. The summed E-state index contributed by atoms with van der Waals surface area (Å²) in [6.07, 6.45) is 3.26. The molecule has 0 spiro atoms. The summed E-state index contributed by atoms with van der Waals surface area (Å²) in [6, 6.07) is 5.87. The average Bonchev–Trinajstić information content (AvgIpc) is 3.25. The fourth-order valence-electron chi connectivity index (χ4n) is 3.09. The fraction of sp³-hybridized carbons (Fsp3) is 0.600. The van der Waals surface area contributed by atoms with E-state index in [9.17, 15) is 4.79 Å². The van der Waals surface area contributed by atoms with Crippen molar-refractivity contribution >= 4 is 6.09 Å². The van der Waals surface area contributed by atoms with E-state index in [-0.39, 0.29) is 6.09 Å². The second-order valence-corrected chi connectivity index (χ2v) is 7.30. The van der Waals surface area contributed by atoms with Crippen LogP contribution >= 0.6 is 0 Å². The Labute approximate surface area is 156 Å². The van der Waals surface area contributed by atoms with E-state index in [0.717, 1.165) is 24.3 Å². The molecular weight excluding hydrogens is 330 g/mol. The van der Waals surface area contributed by atoms with Gasteiger partial charge in [0.05, 0.1) is 6.26 Å². The number of amides is 1. The standard InChI is InChI=1S/C18H25N3O3.C2H6/c1-18(2,3)24-17(22)21-9-7-13(8-10-21)15-12-14(19-20(15)4)16-6-5-11-23-16;1-2/h5-6,11-13H,7-10H2,1-4H3;1-2H3. The number of nitrogens with zero attached hydrogens (tertiary/aromatic N) is 3. The molecular formula is C20H31N3O3. The quantitative estimate of drug-likeness (QED) is 0.769. The van der Waals surface area contributed by atoms with E-state index < -0.39 is 5.60 Å². The number of rotatable bonds is 2. The normalized spacial score (nSPS) is 15.4. The molecule has 1 amide bonds. The van der Waals surface area contributed by atoms with Crippen LogP contribution in [0.2, 0.25) is 0 Å². The van der Waals surface area contributed by atoms with Crippen molar-refractivity contribution < 1.29 is 13.9 Å². The van der Waals surface area contributed by atoms with Crippen molar-refractivity contribution in [3.05, 3.63) is 30.2 Å². The Hall–Kier alpha value is -2.24. The van der Waals surface area contributed by atoms with Crippen molar-refractivity contribution in [2.45, 2.75) is 59.0 Å². The molecule has 2 aromatic rings. The predicted octanol–water partition coefficient (Wildman–Crippen LogP) is 4.82. The largest absolute Gasteiger partial charge is 0.463 e. The molecule has 0 aliphatic carbocycles. The number of furan rings is 1. The number of ether oxygens (including phenoxy) is 1. The molecule has 0 atom stereocenters. The molecule has 2 aromatic heterocycles. The third-order valence-electron chi connectivity index (χ3n) is 4.25. The Morgan fingerprint density at radius 2 is 1.92 bits per heavy atom. The van der Waals surface area contributed by atoms with Gasteiger partial charge < -0.3 is 14.1 Å². The number of aromatic nitrogens is 2. The molecule has 26 heavy (non-hydrogen) atoms. The summed E-state index contributed by atoms with van der Waals surface area (Å²) in [4.78, 5) is 14.0. The monoisotopic (exact) mass is 361 g/mol. The van der Waals surface area contributed by atoms with Gasteiger partial charge in [0.2, 0.25) is 0 Å². The maximum Gasteiger partial charge on any atom is 0.410 e. The highest BCUT2D eigenvalue weighted by Gasteiger charge is 2.29. The van der Waals surface area contributed by atoms with Crippen LogP contribution in [0.4, 0.5) is 4.79 Å². The average molecular weight is 361 g/mol. The Balaban J connectivity index is 0.00000117. The third-order valence-corrected chi connectivity index (χ3v) is 4.25. The number of hydrogen-bond donors (Lipinski definition) is 0. The van der Waals surface area contributed by atoms with Crippen molar-refractivity contribution in [2.24, 2.45) is 7.05 Å². The van der Waals surface area contributed by atoms with Crippen LogP contribution in [0.5, 0.6) is 0 Å². The van der Waals surface area contributed by atoms with Crippen molar-refractivity contribution in [3.63, 3.8) is 0 Å². The van der Waals surface area contributed by atoms with E-state index in [2.05, 4.69) is 11.2 Å². The molecule has 1 fully saturated rings. The van der Waals surface area contributed by atoms with Crippen LogP contribution in [0.3, 0.4) is 0 Å². The summed E-state index contributed by atoms with van der Waals surface area (Å²) < 4.78 is 12.8. The molecule has 6 heteroatoms. The number of hydrogen-bond acceptors (Lipinski definition) is 4. The molecule has 0 N–H and O–H groups in total. The summed E-state index contributed by atoms with van der Waals surface area (Å²) in [5, 5.41) is 4.55. The minimum atomic E-state index is -0.450. The first-order valence-corrected chi connectivity index (χ1v) is 9.39. The topological polar surface area (TPSA) is 60.5 Å². The van der Waals surface area contributed by atoms with Crippen molar-refractivity contribution in [3.8, 4) is 11.5 Å². The predicted molar refractivity (Wildman–Crippen MR) is 102 cm³/mol. The van der Waals surface area contributed by atoms with Gasteiger partial charge in [0.15, 0.2) is 5.76 Å². The van der Waals surface area contributed by atoms with Crippen LogP contribution in [0, 0.1) is 0 Å². The van der Waals surface area contributed by atoms with Crippen LogP contribution in [0.1, 0.15) is 59.1 Å². The zero-order valence-electron chi connectivity index (χ0n) is 16.8. The van der Waals surface area contributed by atoms with Gasteiger partial charge in [-0.05, 0) is 51.8 Å². The van der Waals surface area contributed by atoms with Crippen molar-refractivity contribution in [1.82, 2.24) is 14.7 Å². The highest BCUT2D eigenvalue weighted by Crippen LogP contribution is 2.31. The van der Waals surface area contributed by atoms with Crippen molar-refractivity contribution in [2.75, 3.05) is 13.1 Å². The lowest BCUT2D eigenvalue weighted by Crippen LogP contribution is -2.41. The molecule has 0 aromatic carbocycles. The molecule has 0 unspecified atom stereocenters. The second-order valence-electron chi connectivity index (χ2n) is 7.30. The Bertz CT molecular complexity index is 690. The third kappa shape index (κ3) is 4.90. The lowest BCUT2D eigenvalue weighted by molar-refractivity contribution is 0.0203. The minimum absolute atomic E-state index is 0.220.